The first kappa shape index (κ1) is 18.2. The number of benzene rings is 2. The van der Waals surface area contributed by atoms with Gasteiger partial charge in [0.1, 0.15) is 0 Å². The maximum absolute atomic E-state index is 11.5. The molecule has 1 aliphatic rings. The van der Waals surface area contributed by atoms with E-state index in [1.807, 2.05) is 18.2 Å². The van der Waals surface area contributed by atoms with Gasteiger partial charge < -0.3 is 5.11 Å². The maximum atomic E-state index is 11.5. The van der Waals surface area contributed by atoms with Crippen molar-refractivity contribution >= 4 is 29.2 Å². The Balaban J connectivity index is 2.04. The van der Waals surface area contributed by atoms with E-state index in [2.05, 4.69) is 30.0 Å². The van der Waals surface area contributed by atoms with Gasteiger partial charge in [-0.1, -0.05) is 59.1 Å². The molecule has 2 aromatic rings. The number of aliphatic carboxylic acids is 1. The summed E-state index contributed by atoms with van der Waals surface area (Å²) in [5.41, 5.74) is 3.25. The predicted molar refractivity (Wildman–Crippen MR) is 101 cm³/mol. The van der Waals surface area contributed by atoms with Gasteiger partial charge in [-0.25, -0.2) is 0 Å². The molecule has 0 aromatic heterocycles. The Bertz CT molecular complexity index is 778. The van der Waals surface area contributed by atoms with Crippen LogP contribution in [0.4, 0.5) is 0 Å². The van der Waals surface area contributed by atoms with Crippen LogP contribution in [0.25, 0.3) is 0 Å². The molecule has 3 nitrogen and oxygen atoms in total. The summed E-state index contributed by atoms with van der Waals surface area (Å²) in [4.78, 5) is 13.7. The lowest BCUT2D eigenvalue weighted by molar-refractivity contribution is -0.143. The molecule has 25 heavy (non-hydrogen) atoms. The highest BCUT2D eigenvalue weighted by Gasteiger charge is 2.32. The largest absolute Gasteiger partial charge is 0.481 e. The van der Waals surface area contributed by atoms with Crippen molar-refractivity contribution in [3.63, 3.8) is 0 Å². The summed E-state index contributed by atoms with van der Waals surface area (Å²) in [6.07, 6.45) is 1.59. The summed E-state index contributed by atoms with van der Waals surface area (Å²) < 4.78 is 0. The van der Waals surface area contributed by atoms with E-state index in [1.165, 1.54) is 5.56 Å². The van der Waals surface area contributed by atoms with Crippen LogP contribution in [0.1, 0.15) is 35.6 Å². The molecule has 0 saturated carbocycles. The van der Waals surface area contributed by atoms with Gasteiger partial charge in [0.15, 0.2) is 0 Å². The lowest BCUT2D eigenvalue weighted by atomic mass is 9.91. The molecule has 0 radical (unpaired) electrons. The van der Waals surface area contributed by atoms with Gasteiger partial charge in [-0.05, 0) is 49.6 Å². The number of aryl methyl sites for hydroxylation is 1. The molecule has 1 aliphatic heterocycles. The molecule has 0 bridgehead atoms. The summed E-state index contributed by atoms with van der Waals surface area (Å²) in [7, 11) is 0. The summed E-state index contributed by atoms with van der Waals surface area (Å²) in [5, 5.41) is 10.6. The molecule has 2 unspecified atom stereocenters. The predicted octanol–water partition coefficient (Wildman–Crippen LogP) is 5.19. The number of carbonyl (C=O) groups is 1. The van der Waals surface area contributed by atoms with Gasteiger partial charge in [-0.15, -0.1) is 0 Å². The fraction of sp³-hybridized carbons (Fsp3) is 0.350. The topological polar surface area (TPSA) is 40.5 Å². The molecule has 3 rings (SSSR count). The zero-order valence-electron chi connectivity index (χ0n) is 14.1. The number of carboxylic acids is 1. The van der Waals surface area contributed by atoms with Crippen LogP contribution in [0.15, 0.2) is 42.5 Å². The monoisotopic (exact) mass is 377 g/mol. The summed E-state index contributed by atoms with van der Waals surface area (Å²) in [5.74, 6) is -1.07. The van der Waals surface area contributed by atoms with Crippen molar-refractivity contribution in [2.24, 2.45) is 5.92 Å². The second-order valence-electron chi connectivity index (χ2n) is 6.65. The van der Waals surface area contributed by atoms with Crippen LogP contribution < -0.4 is 0 Å². The first-order valence-electron chi connectivity index (χ1n) is 8.44. The van der Waals surface area contributed by atoms with E-state index in [4.69, 9.17) is 23.2 Å². The standard InChI is InChI=1S/C20H21Cl2NO2/c1-13-4-2-5-14(10-13)19(17-8-7-16(21)11-18(17)22)23-9-3-6-15(12-23)20(24)25/h2,4-5,7-8,10-11,15,19H,3,6,9,12H2,1H3,(H,24,25). The minimum atomic E-state index is -0.727. The van der Waals surface area contributed by atoms with E-state index < -0.39 is 5.97 Å². The van der Waals surface area contributed by atoms with E-state index in [0.717, 1.165) is 30.5 Å². The Morgan fingerprint density at radius 1 is 1.24 bits per heavy atom. The van der Waals surface area contributed by atoms with Crippen LogP contribution in [0.5, 0.6) is 0 Å². The highest BCUT2D eigenvalue weighted by atomic mass is 35.5. The van der Waals surface area contributed by atoms with Crippen LogP contribution in [-0.4, -0.2) is 29.1 Å². The second kappa shape index (κ2) is 7.77. The molecule has 1 fully saturated rings. The number of halogens is 2. The lowest BCUT2D eigenvalue weighted by Gasteiger charge is -2.38. The number of piperidine rings is 1. The van der Waals surface area contributed by atoms with Crippen LogP contribution >= 0.6 is 23.2 Å². The van der Waals surface area contributed by atoms with Gasteiger partial charge in [-0.3, -0.25) is 9.69 Å². The van der Waals surface area contributed by atoms with Crippen molar-refractivity contribution in [2.45, 2.75) is 25.8 Å². The number of hydrogen-bond acceptors (Lipinski definition) is 2. The molecular weight excluding hydrogens is 357 g/mol. The van der Waals surface area contributed by atoms with Crippen LogP contribution in [-0.2, 0) is 4.79 Å². The quantitative estimate of drug-likeness (QED) is 0.796. The smallest absolute Gasteiger partial charge is 0.307 e. The molecule has 1 heterocycles. The van der Waals surface area contributed by atoms with Gasteiger partial charge in [-0.2, -0.15) is 0 Å². The average molecular weight is 378 g/mol. The van der Waals surface area contributed by atoms with Crippen LogP contribution in [0.3, 0.4) is 0 Å². The lowest BCUT2D eigenvalue weighted by Crippen LogP contribution is -2.41. The van der Waals surface area contributed by atoms with Gasteiger partial charge in [0.2, 0.25) is 0 Å². The van der Waals surface area contributed by atoms with Gasteiger partial charge in [0.05, 0.1) is 12.0 Å². The molecule has 5 heteroatoms. The fourth-order valence-electron chi connectivity index (χ4n) is 3.59. The number of rotatable bonds is 4. The highest BCUT2D eigenvalue weighted by molar-refractivity contribution is 6.35. The minimum Gasteiger partial charge on any atom is -0.481 e. The van der Waals surface area contributed by atoms with Crippen molar-refractivity contribution in [3.05, 3.63) is 69.2 Å². The second-order valence-corrected chi connectivity index (χ2v) is 7.50. The Labute approximate surface area is 158 Å². The number of carboxylic acid groups (broad SMARTS) is 1. The van der Waals surface area contributed by atoms with Crippen molar-refractivity contribution in [2.75, 3.05) is 13.1 Å². The SMILES string of the molecule is Cc1cccc(C(c2ccc(Cl)cc2Cl)N2CCCC(C(=O)O)C2)c1. The molecular formula is C20H21Cl2NO2. The van der Waals surface area contributed by atoms with Crippen molar-refractivity contribution in [1.29, 1.82) is 0 Å². The first-order chi connectivity index (χ1) is 12.0. The Morgan fingerprint density at radius 2 is 2.04 bits per heavy atom. The van der Waals surface area contributed by atoms with Gasteiger partial charge in [0.25, 0.3) is 0 Å². The Hall–Kier alpha value is -1.55. The van der Waals surface area contributed by atoms with E-state index >= 15 is 0 Å². The average Bonchev–Trinajstić information content (AvgIpc) is 2.57. The molecule has 2 aromatic carbocycles. The third-order valence-electron chi connectivity index (χ3n) is 4.78. The third-order valence-corrected chi connectivity index (χ3v) is 5.34. The molecule has 1 saturated heterocycles. The summed E-state index contributed by atoms with van der Waals surface area (Å²) in [6, 6.07) is 13.8. The molecule has 0 amide bonds. The number of hydrogen-bond donors (Lipinski definition) is 1. The van der Waals surface area contributed by atoms with E-state index in [-0.39, 0.29) is 12.0 Å². The Kier molecular flexibility index (Phi) is 5.67. The molecule has 0 spiro atoms. The van der Waals surface area contributed by atoms with E-state index in [9.17, 15) is 9.90 Å². The van der Waals surface area contributed by atoms with Crippen LogP contribution in [0.2, 0.25) is 10.0 Å². The summed E-state index contributed by atoms with van der Waals surface area (Å²) in [6.45, 7) is 3.43. The van der Waals surface area contributed by atoms with Crippen LogP contribution in [0, 0.1) is 12.8 Å². The highest BCUT2D eigenvalue weighted by Crippen LogP contribution is 2.37. The third kappa shape index (κ3) is 4.17. The summed E-state index contributed by atoms with van der Waals surface area (Å²) >= 11 is 12.6. The minimum absolute atomic E-state index is 0.0770. The molecule has 132 valence electrons. The van der Waals surface area contributed by atoms with Crippen molar-refractivity contribution in [3.8, 4) is 0 Å². The fourth-order valence-corrected chi connectivity index (χ4v) is 4.10. The van der Waals surface area contributed by atoms with Gasteiger partial charge in [0, 0.05) is 16.6 Å². The molecule has 0 aliphatic carbocycles. The molecule has 1 N–H and O–H groups in total. The zero-order chi connectivity index (χ0) is 18.0. The maximum Gasteiger partial charge on any atom is 0.307 e. The normalized spacial score (nSPS) is 19.6. The van der Waals surface area contributed by atoms with Gasteiger partial charge >= 0.3 is 5.97 Å². The van der Waals surface area contributed by atoms with Crippen molar-refractivity contribution in [1.82, 2.24) is 4.90 Å². The first-order valence-corrected chi connectivity index (χ1v) is 9.19. The van der Waals surface area contributed by atoms with E-state index in [1.54, 1.807) is 6.07 Å². The Morgan fingerprint density at radius 3 is 2.72 bits per heavy atom. The number of nitrogens with zero attached hydrogens (tertiary/aromatic N) is 1. The molecule has 2 atom stereocenters. The van der Waals surface area contributed by atoms with E-state index in [0.29, 0.717) is 16.6 Å². The zero-order valence-corrected chi connectivity index (χ0v) is 15.6. The number of likely N-dealkylation sites (tertiary alicyclic amines) is 1. The van der Waals surface area contributed by atoms with Crippen molar-refractivity contribution < 1.29 is 9.90 Å².